The van der Waals surface area contributed by atoms with Gasteiger partial charge >= 0.3 is 0 Å². The van der Waals surface area contributed by atoms with E-state index in [2.05, 4.69) is 5.32 Å². The number of nitrogens with one attached hydrogen (secondary N) is 1. The molecule has 2 aromatic rings. The first kappa shape index (κ1) is 27.8. The van der Waals surface area contributed by atoms with Gasteiger partial charge in [0.1, 0.15) is 17.1 Å². The molecule has 1 spiro atoms. The van der Waals surface area contributed by atoms with Crippen molar-refractivity contribution in [2.24, 2.45) is 0 Å². The molecule has 2 aliphatic heterocycles. The van der Waals surface area contributed by atoms with E-state index in [0.29, 0.717) is 0 Å². The molecule has 38 heavy (non-hydrogen) atoms. The molecule has 1 atom stereocenters. The Balaban J connectivity index is 1.58. The first-order valence-corrected chi connectivity index (χ1v) is 14.2. The quantitative estimate of drug-likeness (QED) is 0.385. The number of nitrogens with zero attached hydrogens (tertiary/aromatic N) is 4. The van der Waals surface area contributed by atoms with E-state index in [1.54, 1.807) is 0 Å². The second-order valence-corrected chi connectivity index (χ2v) is 11.9. The van der Waals surface area contributed by atoms with Gasteiger partial charge in [-0.2, -0.15) is 4.31 Å². The van der Waals surface area contributed by atoms with Crippen molar-refractivity contribution in [2.75, 3.05) is 31.2 Å². The summed E-state index contributed by atoms with van der Waals surface area (Å²) >= 11 is 5.86. The lowest BCUT2D eigenvalue weighted by Gasteiger charge is -2.42. The lowest BCUT2D eigenvalue weighted by atomic mass is 9.86. The summed E-state index contributed by atoms with van der Waals surface area (Å²) in [5.74, 6) is -0.470. The predicted molar refractivity (Wildman–Crippen MR) is 142 cm³/mol. The standard InChI is InChI=1S/C25H30ClN5O6S/c1-3-18(2)27-23(32)16-28-17-30(19-7-5-4-6-8-19)25(24(28)33)11-13-29(14-12-25)38(36,37)20-9-10-21(26)22(15-20)31(34)35/h4-10,15,18H,3,11-14,16-17H2,1-2H3,(H,27,32). The van der Waals surface area contributed by atoms with Crippen LogP contribution in [0.1, 0.15) is 33.1 Å². The van der Waals surface area contributed by atoms with Crippen molar-refractivity contribution >= 4 is 44.8 Å². The second-order valence-electron chi connectivity index (χ2n) is 9.59. The minimum absolute atomic E-state index is 0.0171. The summed E-state index contributed by atoms with van der Waals surface area (Å²) in [6.45, 7) is 4.02. The molecular formula is C25H30ClN5O6S. The van der Waals surface area contributed by atoms with Crippen LogP contribution in [0.4, 0.5) is 11.4 Å². The van der Waals surface area contributed by atoms with Gasteiger partial charge in [-0.3, -0.25) is 19.7 Å². The molecule has 2 aromatic carbocycles. The highest BCUT2D eigenvalue weighted by Gasteiger charge is 2.55. The molecule has 1 unspecified atom stereocenters. The molecule has 2 fully saturated rings. The van der Waals surface area contributed by atoms with Gasteiger partial charge in [-0.1, -0.05) is 36.7 Å². The van der Waals surface area contributed by atoms with Gasteiger partial charge in [0.2, 0.25) is 21.8 Å². The number of nitro groups is 1. The number of benzene rings is 2. The molecule has 1 N–H and O–H groups in total. The summed E-state index contributed by atoms with van der Waals surface area (Å²) in [7, 11) is -4.07. The predicted octanol–water partition coefficient (Wildman–Crippen LogP) is 2.99. The first-order chi connectivity index (χ1) is 18.0. The fourth-order valence-electron chi connectivity index (χ4n) is 4.96. The highest BCUT2D eigenvalue weighted by Crippen LogP contribution is 2.40. The number of halogens is 1. The molecular weight excluding hydrogens is 534 g/mol. The molecule has 2 amide bonds. The van der Waals surface area contributed by atoms with Crippen LogP contribution in [0.5, 0.6) is 0 Å². The van der Waals surface area contributed by atoms with E-state index in [-0.39, 0.29) is 66.9 Å². The normalized spacial score (nSPS) is 18.6. The Labute approximate surface area is 226 Å². The molecule has 11 nitrogen and oxygen atoms in total. The van der Waals surface area contributed by atoms with E-state index in [1.807, 2.05) is 49.1 Å². The van der Waals surface area contributed by atoms with E-state index in [1.165, 1.54) is 21.3 Å². The van der Waals surface area contributed by atoms with Crippen LogP contribution in [0.15, 0.2) is 53.4 Å². The van der Waals surface area contributed by atoms with Crippen molar-refractivity contribution in [1.82, 2.24) is 14.5 Å². The van der Waals surface area contributed by atoms with Crippen LogP contribution in [0, 0.1) is 10.1 Å². The van der Waals surface area contributed by atoms with E-state index in [9.17, 15) is 28.1 Å². The molecule has 0 bridgehead atoms. The highest BCUT2D eigenvalue weighted by molar-refractivity contribution is 7.89. The number of hydrogen-bond acceptors (Lipinski definition) is 7. The maximum absolute atomic E-state index is 13.8. The molecule has 0 radical (unpaired) electrons. The summed E-state index contributed by atoms with van der Waals surface area (Å²) < 4.78 is 27.9. The number of piperidine rings is 1. The van der Waals surface area contributed by atoms with Crippen molar-refractivity contribution in [1.29, 1.82) is 0 Å². The number of amides is 2. The minimum Gasteiger partial charge on any atom is -0.352 e. The van der Waals surface area contributed by atoms with Crippen molar-refractivity contribution in [3.8, 4) is 0 Å². The smallest absolute Gasteiger partial charge is 0.289 e. The molecule has 0 aromatic heterocycles. The first-order valence-electron chi connectivity index (χ1n) is 12.3. The Morgan fingerprint density at radius 2 is 1.84 bits per heavy atom. The van der Waals surface area contributed by atoms with Crippen molar-refractivity contribution < 1.29 is 22.9 Å². The van der Waals surface area contributed by atoms with Gasteiger partial charge in [0.05, 0.1) is 16.5 Å². The SMILES string of the molecule is CCC(C)NC(=O)CN1CN(c2ccccc2)C2(CCN(S(=O)(=O)c3ccc(Cl)c([N+](=O)[O-])c3)CC2)C1=O. The average Bonchev–Trinajstić information content (AvgIpc) is 3.15. The molecule has 2 saturated heterocycles. The Morgan fingerprint density at radius 3 is 2.45 bits per heavy atom. The number of anilines is 1. The Morgan fingerprint density at radius 1 is 1.18 bits per heavy atom. The van der Waals surface area contributed by atoms with Crippen LogP contribution in [0.2, 0.25) is 5.02 Å². The molecule has 2 aliphatic rings. The molecule has 2 heterocycles. The Kier molecular flexibility index (Phi) is 7.96. The van der Waals surface area contributed by atoms with Crippen molar-refractivity contribution in [2.45, 2.75) is 49.6 Å². The molecule has 0 saturated carbocycles. The summed E-state index contributed by atoms with van der Waals surface area (Å²) in [5.41, 5.74) is -0.709. The van der Waals surface area contributed by atoms with Gasteiger partial charge in [-0.05, 0) is 50.5 Å². The summed E-state index contributed by atoms with van der Waals surface area (Å²) in [4.78, 5) is 40.2. The molecule has 204 valence electrons. The summed E-state index contributed by atoms with van der Waals surface area (Å²) in [6.07, 6.45) is 1.15. The molecule has 4 rings (SSSR count). The molecule has 0 aliphatic carbocycles. The molecule has 13 heteroatoms. The summed E-state index contributed by atoms with van der Waals surface area (Å²) in [5, 5.41) is 14.0. The summed E-state index contributed by atoms with van der Waals surface area (Å²) in [6, 6.07) is 12.7. The zero-order valence-electron chi connectivity index (χ0n) is 21.2. The largest absolute Gasteiger partial charge is 0.352 e. The van der Waals surface area contributed by atoms with Crippen LogP contribution < -0.4 is 10.2 Å². The second kappa shape index (κ2) is 10.9. The van der Waals surface area contributed by atoms with Gasteiger partial charge < -0.3 is 15.1 Å². The zero-order chi connectivity index (χ0) is 27.7. The van der Waals surface area contributed by atoms with Gasteiger partial charge in [0.25, 0.3) is 5.69 Å². The Hall–Kier alpha value is -3.22. The van der Waals surface area contributed by atoms with Gasteiger partial charge in [0, 0.05) is 30.9 Å². The number of hydrogen-bond donors (Lipinski definition) is 1. The highest BCUT2D eigenvalue weighted by atomic mass is 35.5. The van der Waals surface area contributed by atoms with Gasteiger partial charge in [0.15, 0.2) is 0 Å². The monoisotopic (exact) mass is 563 g/mol. The van der Waals surface area contributed by atoms with Crippen LogP contribution in [0.25, 0.3) is 0 Å². The Bertz CT molecular complexity index is 1330. The van der Waals surface area contributed by atoms with Crippen LogP contribution in [0.3, 0.4) is 0 Å². The van der Waals surface area contributed by atoms with E-state index < -0.39 is 26.2 Å². The zero-order valence-corrected chi connectivity index (χ0v) is 22.7. The van der Waals surface area contributed by atoms with E-state index in [4.69, 9.17) is 11.6 Å². The third-order valence-corrected chi connectivity index (χ3v) is 9.45. The van der Waals surface area contributed by atoms with Crippen molar-refractivity contribution in [3.05, 3.63) is 63.7 Å². The number of carbonyl (C=O) groups excluding carboxylic acids is 2. The number of carbonyl (C=O) groups is 2. The fraction of sp³-hybridized carbons (Fsp3) is 0.440. The number of rotatable bonds is 8. The van der Waals surface area contributed by atoms with Crippen LogP contribution in [-0.4, -0.2) is 72.2 Å². The van der Waals surface area contributed by atoms with Crippen LogP contribution >= 0.6 is 11.6 Å². The van der Waals surface area contributed by atoms with E-state index >= 15 is 0 Å². The third kappa shape index (κ3) is 5.20. The fourth-order valence-corrected chi connectivity index (χ4v) is 6.61. The average molecular weight is 564 g/mol. The maximum atomic E-state index is 13.8. The maximum Gasteiger partial charge on any atom is 0.289 e. The topological polar surface area (TPSA) is 133 Å². The number of nitro benzene ring substituents is 1. The van der Waals surface area contributed by atoms with Gasteiger partial charge in [-0.15, -0.1) is 0 Å². The minimum atomic E-state index is -4.07. The number of sulfonamides is 1. The third-order valence-electron chi connectivity index (χ3n) is 7.24. The van der Waals surface area contributed by atoms with E-state index in [0.717, 1.165) is 18.2 Å². The lowest BCUT2D eigenvalue weighted by molar-refractivity contribution is -0.384. The van der Waals surface area contributed by atoms with Gasteiger partial charge in [-0.25, -0.2) is 8.42 Å². The number of para-hydroxylation sites is 1. The van der Waals surface area contributed by atoms with Crippen molar-refractivity contribution in [3.63, 3.8) is 0 Å². The van der Waals surface area contributed by atoms with Crippen LogP contribution in [-0.2, 0) is 19.6 Å². The lowest BCUT2D eigenvalue weighted by Crippen LogP contribution is -2.57.